The molecule has 1 unspecified atom stereocenters. The van der Waals surface area contributed by atoms with Crippen molar-refractivity contribution in [2.24, 2.45) is 0 Å². The van der Waals surface area contributed by atoms with Crippen LogP contribution in [0.3, 0.4) is 0 Å². The normalized spacial score (nSPS) is 12.5. The van der Waals surface area contributed by atoms with E-state index in [1.54, 1.807) is 0 Å². The van der Waals surface area contributed by atoms with Crippen molar-refractivity contribution < 1.29 is 23.8 Å². The minimum Gasteiger partial charge on any atom is -0.462 e. The number of allylic oxidation sites excluding steroid dienone is 8. The van der Waals surface area contributed by atoms with Crippen molar-refractivity contribution in [3.8, 4) is 0 Å². The molecule has 0 saturated heterocycles. The Morgan fingerprint density at radius 2 is 0.682 bits per heavy atom. The number of hydrogen-bond donors (Lipinski definition) is 0. The summed E-state index contributed by atoms with van der Waals surface area (Å²) in [6.07, 6.45) is 71.3. The van der Waals surface area contributed by atoms with Crippen molar-refractivity contribution in [3.63, 3.8) is 0 Å². The average molecular weight is 926 g/mol. The van der Waals surface area contributed by atoms with Gasteiger partial charge in [-0.05, 0) is 77.0 Å². The van der Waals surface area contributed by atoms with Crippen molar-refractivity contribution >= 4 is 11.9 Å². The third-order valence-electron chi connectivity index (χ3n) is 12.8. The molecule has 0 aromatic heterocycles. The third-order valence-corrected chi connectivity index (χ3v) is 12.8. The van der Waals surface area contributed by atoms with Gasteiger partial charge in [-0.25, -0.2) is 0 Å². The lowest BCUT2D eigenvalue weighted by molar-refractivity contribution is -0.163. The first-order chi connectivity index (χ1) is 32.6. The van der Waals surface area contributed by atoms with Crippen LogP contribution in [-0.4, -0.2) is 37.9 Å². The molecule has 0 spiro atoms. The highest BCUT2D eigenvalue weighted by Crippen LogP contribution is 2.16. The number of rotatable bonds is 54. The zero-order chi connectivity index (χ0) is 47.7. The molecule has 0 aromatic rings. The summed E-state index contributed by atoms with van der Waals surface area (Å²) in [5.41, 5.74) is 0. The molecule has 386 valence electrons. The Kier molecular flexibility index (Phi) is 55.3. The van der Waals surface area contributed by atoms with Gasteiger partial charge in [0.2, 0.25) is 0 Å². The number of unbranched alkanes of at least 4 members (excludes halogenated alkanes) is 35. The molecular formula is C61H112O5. The maximum atomic E-state index is 12.9. The standard InChI is InChI=1S/C61H112O5/c1-4-7-10-13-16-19-22-25-28-31-33-36-39-42-45-48-51-54-60(62)65-58-59(57-64-56-53-50-47-44-41-38-35-30-27-24-21-18-15-12-9-6-3)66-61(63)55-52-49-46-43-40-37-34-32-29-26-23-20-17-14-11-8-5-2/h7,10,16,19,25,27-28,30,59H,4-6,8-9,11-15,17-18,20-24,26,29,31-58H2,1-3H3/b10-7-,19-16-,28-25-,30-27-. The Labute approximate surface area is 412 Å². The molecule has 0 heterocycles. The van der Waals surface area contributed by atoms with E-state index in [-0.39, 0.29) is 25.2 Å². The quantitative estimate of drug-likeness (QED) is 0.0345. The van der Waals surface area contributed by atoms with Gasteiger partial charge in [0.25, 0.3) is 0 Å². The van der Waals surface area contributed by atoms with Gasteiger partial charge in [0.15, 0.2) is 6.10 Å². The summed E-state index contributed by atoms with van der Waals surface area (Å²) in [4.78, 5) is 25.5. The van der Waals surface area contributed by atoms with Crippen LogP contribution in [0.4, 0.5) is 0 Å². The first-order valence-corrected chi connectivity index (χ1v) is 29.2. The van der Waals surface area contributed by atoms with Crippen molar-refractivity contribution in [2.75, 3.05) is 19.8 Å². The second kappa shape index (κ2) is 57.2. The molecule has 0 amide bonds. The van der Waals surface area contributed by atoms with Gasteiger partial charge in [-0.3, -0.25) is 9.59 Å². The Balaban J connectivity index is 4.26. The van der Waals surface area contributed by atoms with E-state index in [0.717, 1.165) is 70.6 Å². The van der Waals surface area contributed by atoms with E-state index >= 15 is 0 Å². The van der Waals surface area contributed by atoms with E-state index in [2.05, 4.69) is 69.4 Å². The van der Waals surface area contributed by atoms with Crippen LogP contribution in [-0.2, 0) is 23.8 Å². The number of carbonyl (C=O) groups excluding carboxylic acids is 2. The fraction of sp³-hybridized carbons (Fsp3) is 0.836. The lowest BCUT2D eigenvalue weighted by atomic mass is 10.0. The minimum atomic E-state index is -0.541. The molecular weight excluding hydrogens is 813 g/mol. The minimum absolute atomic E-state index is 0.0814. The molecule has 0 saturated carbocycles. The predicted octanol–water partition coefficient (Wildman–Crippen LogP) is 19.9. The van der Waals surface area contributed by atoms with Gasteiger partial charge in [-0.15, -0.1) is 0 Å². The van der Waals surface area contributed by atoms with Crippen molar-refractivity contribution in [1.29, 1.82) is 0 Å². The largest absolute Gasteiger partial charge is 0.462 e. The van der Waals surface area contributed by atoms with Crippen LogP contribution in [0.5, 0.6) is 0 Å². The molecule has 0 radical (unpaired) electrons. The van der Waals surface area contributed by atoms with E-state index in [1.807, 2.05) is 0 Å². The summed E-state index contributed by atoms with van der Waals surface area (Å²) in [7, 11) is 0. The average Bonchev–Trinajstić information content (AvgIpc) is 3.32. The van der Waals surface area contributed by atoms with Crippen molar-refractivity contribution in [1.82, 2.24) is 0 Å². The molecule has 0 N–H and O–H groups in total. The molecule has 5 heteroatoms. The lowest BCUT2D eigenvalue weighted by Gasteiger charge is -2.18. The monoisotopic (exact) mass is 925 g/mol. The van der Waals surface area contributed by atoms with Gasteiger partial charge in [-0.1, -0.05) is 262 Å². The van der Waals surface area contributed by atoms with E-state index in [0.29, 0.717) is 19.4 Å². The number of carbonyl (C=O) groups is 2. The molecule has 0 aliphatic carbocycles. The van der Waals surface area contributed by atoms with Crippen molar-refractivity contribution in [2.45, 2.75) is 309 Å². The molecule has 1 atom stereocenters. The summed E-state index contributed by atoms with van der Waals surface area (Å²) >= 11 is 0. The fourth-order valence-corrected chi connectivity index (χ4v) is 8.52. The van der Waals surface area contributed by atoms with Crippen LogP contribution in [0.1, 0.15) is 303 Å². The number of esters is 2. The van der Waals surface area contributed by atoms with Crippen LogP contribution < -0.4 is 0 Å². The zero-order valence-corrected chi connectivity index (χ0v) is 44.5. The molecule has 5 nitrogen and oxygen atoms in total. The van der Waals surface area contributed by atoms with E-state index < -0.39 is 6.10 Å². The highest BCUT2D eigenvalue weighted by Gasteiger charge is 2.17. The SMILES string of the molecule is CC/C=C\C/C=C\C/C=C\CCCCCCCCCC(=O)OCC(COCCCCCCCC/C=C\CCCCCCCC)OC(=O)CCCCCCCCCCCCCCCCCCC. The number of ether oxygens (including phenoxy) is 3. The Hall–Kier alpha value is -2.14. The summed E-state index contributed by atoms with van der Waals surface area (Å²) in [5, 5.41) is 0. The highest BCUT2D eigenvalue weighted by atomic mass is 16.6. The van der Waals surface area contributed by atoms with Crippen LogP contribution in [0.15, 0.2) is 48.6 Å². The second-order valence-corrected chi connectivity index (χ2v) is 19.5. The molecule has 0 aliphatic rings. The van der Waals surface area contributed by atoms with Crippen LogP contribution >= 0.6 is 0 Å². The number of hydrogen-bond acceptors (Lipinski definition) is 5. The maximum Gasteiger partial charge on any atom is 0.306 e. The van der Waals surface area contributed by atoms with Crippen LogP contribution in [0.25, 0.3) is 0 Å². The molecule has 0 aromatic carbocycles. The van der Waals surface area contributed by atoms with Gasteiger partial charge in [0.05, 0.1) is 6.61 Å². The van der Waals surface area contributed by atoms with Crippen LogP contribution in [0, 0.1) is 0 Å². The molecule has 66 heavy (non-hydrogen) atoms. The summed E-state index contributed by atoms with van der Waals surface area (Å²) in [6.45, 7) is 7.75. The maximum absolute atomic E-state index is 12.9. The Morgan fingerprint density at radius 3 is 1.11 bits per heavy atom. The Morgan fingerprint density at radius 1 is 0.348 bits per heavy atom. The second-order valence-electron chi connectivity index (χ2n) is 19.5. The molecule has 0 fully saturated rings. The van der Waals surface area contributed by atoms with E-state index in [1.165, 1.54) is 199 Å². The Bertz CT molecular complexity index is 1090. The molecule has 0 bridgehead atoms. The topological polar surface area (TPSA) is 61.8 Å². The summed E-state index contributed by atoms with van der Waals surface area (Å²) < 4.78 is 17.5. The van der Waals surface area contributed by atoms with Crippen LogP contribution in [0.2, 0.25) is 0 Å². The van der Waals surface area contributed by atoms with E-state index in [9.17, 15) is 9.59 Å². The predicted molar refractivity (Wildman–Crippen MR) is 288 cm³/mol. The lowest BCUT2D eigenvalue weighted by Crippen LogP contribution is -2.30. The molecule has 0 aliphatic heterocycles. The molecule has 0 rings (SSSR count). The highest BCUT2D eigenvalue weighted by molar-refractivity contribution is 5.70. The smallest absolute Gasteiger partial charge is 0.306 e. The van der Waals surface area contributed by atoms with Gasteiger partial charge in [-0.2, -0.15) is 0 Å². The third kappa shape index (κ3) is 54.5. The van der Waals surface area contributed by atoms with Crippen molar-refractivity contribution in [3.05, 3.63) is 48.6 Å². The van der Waals surface area contributed by atoms with Gasteiger partial charge < -0.3 is 14.2 Å². The summed E-state index contributed by atoms with van der Waals surface area (Å²) in [6, 6.07) is 0. The van der Waals surface area contributed by atoms with E-state index in [4.69, 9.17) is 14.2 Å². The van der Waals surface area contributed by atoms with Gasteiger partial charge in [0, 0.05) is 19.4 Å². The first kappa shape index (κ1) is 63.9. The first-order valence-electron chi connectivity index (χ1n) is 29.2. The fourth-order valence-electron chi connectivity index (χ4n) is 8.52. The zero-order valence-electron chi connectivity index (χ0n) is 44.5. The van der Waals surface area contributed by atoms with Gasteiger partial charge in [0.1, 0.15) is 6.61 Å². The summed E-state index contributed by atoms with van der Waals surface area (Å²) in [5.74, 6) is -0.395. The van der Waals surface area contributed by atoms with Gasteiger partial charge >= 0.3 is 11.9 Å².